The Bertz CT molecular complexity index is 926. The number of benzene rings is 2. The molecule has 1 heterocycles. The Morgan fingerprint density at radius 3 is 2.12 bits per heavy atom. The zero-order valence-corrected chi connectivity index (χ0v) is 13.5. The number of rotatable bonds is 3. The molecule has 4 nitrogen and oxygen atoms in total. The van der Waals surface area contributed by atoms with E-state index in [1.54, 1.807) is 16.8 Å². The maximum atomic E-state index is 13.6. The van der Waals surface area contributed by atoms with Crippen molar-refractivity contribution in [3.05, 3.63) is 76.9 Å². The van der Waals surface area contributed by atoms with Gasteiger partial charge in [0.1, 0.15) is 11.5 Å². The van der Waals surface area contributed by atoms with Crippen LogP contribution in [0.3, 0.4) is 0 Å². The largest absolute Gasteiger partial charge is 0.317 e. The molecule has 0 unspecified atom stereocenters. The number of halogens is 3. The standard InChI is InChI=1S/C18H14F3N3O/c1-10-7-11(2)24(23-10)14-5-3-12(4-6-14)18(25)22-17-15(20)8-13(19)9-16(17)21/h3-9H,1-2H3,(H,22,25). The van der Waals surface area contributed by atoms with Crippen LogP contribution in [0.4, 0.5) is 18.9 Å². The summed E-state index contributed by atoms with van der Waals surface area (Å²) in [4.78, 5) is 12.2. The number of hydrogen-bond donors (Lipinski definition) is 1. The van der Waals surface area contributed by atoms with Crippen molar-refractivity contribution in [2.24, 2.45) is 0 Å². The second-order valence-electron chi connectivity index (χ2n) is 5.58. The van der Waals surface area contributed by atoms with Crippen molar-refractivity contribution in [3.63, 3.8) is 0 Å². The van der Waals surface area contributed by atoms with Gasteiger partial charge in [0.2, 0.25) is 0 Å². The minimum atomic E-state index is -1.18. The van der Waals surface area contributed by atoms with E-state index < -0.39 is 29.0 Å². The quantitative estimate of drug-likeness (QED) is 0.775. The predicted octanol–water partition coefficient (Wildman–Crippen LogP) is 4.16. The Kier molecular flexibility index (Phi) is 4.31. The van der Waals surface area contributed by atoms with Crippen molar-refractivity contribution >= 4 is 11.6 Å². The van der Waals surface area contributed by atoms with Gasteiger partial charge in [0, 0.05) is 23.4 Å². The minimum Gasteiger partial charge on any atom is -0.317 e. The number of amides is 1. The number of anilines is 1. The SMILES string of the molecule is Cc1cc(C)n(-c2ccc(C(=O)Nc3c(F)cc(F)cc3F)cc2)n1. The molecule has 7 heteroatoms. The van der Waals surface area contributed by atoms with Crippen molar-refractivity contribution in [3.8, 4) is 5.69 Å². The van der Waals surface area contributed by atoms with Gasteiger partial charge in [-0.3, -0.25) is 4.79 Å². The lowest BCUT2D eigenvalue weighted by molar-refractivity contribution is 0.102. The van der Waals surface area contributed by atoms with E-state index in [2.05, 4.69) is 10.4 Å². The summed E-state index contributed by atoms with van der Waals surface area (Å²) < 4.78 is 41.9. The minimum absolute atomic E-state index is 0.202. The van der Waals surface area contributed by atoms with Gasteiger partial charge in [-0.05, 0) is 44.2 Å². The van der Waals surface area contributed by atoms with E-state index in [4.69, 9.17) is 0 Å². The second-order valence-corrected chi connectivity index (χ2v) is 5.58. The molecule has 0 saturated heterocycles. The highest BCUT2D eigenvalue weighted by molar-refractivity contribution is 6.04. The van der Waals surface area contributed by atoms with Crippen molar-refractivity contribution in [2.45, 2.75) is 13.8 Å². The van der Waals surface area contributed by atoms with Gasteiger partial charge in [-0.15, -0.1) is 0 Å². The molecule has 0 atom stereocenters. The van der Waals surface area contributed by atoms with Crippen LogP contribution in [0.5, 0.6) is 0 Å². The predicted molar refractivity (Wildman–Crippen MR) is 87.3 cm³/mol. The lowest BCUT2D eigenvalue weighted by Gasteiger charge is -2.09. The number of nitrogens with zero attached hydrogens (tertiary/aromatic N) is 2. The highest BCUT2D eigenvalue weighted by atomic mass is 19.1. The molecule has 1 aromatic heterocycles. The lowest BCUT2D eigenvalue weighted by atomic mass is 10.2. The van der Waals surface area contributed by atoms with Crippen molar-refractivity contribution in [1.29, 1.82) is 0 Å². The van der Waals surface area contributed by atoms with Crippen LogP contribution in [0.2, 0.25) is 0 Å². The van der Waals surface area contributed by atoms with Crippen LogP contribution in [0, 0.1) is 31.3 Å². The molecule has 0 aliphatic carbocycles. The van der Waals surface area contributed by atoms with Crippen LogP contribution in [0.1, 0.15) is 21.7 Å². The number of carbonyl (C=O) groups is 1. The molecule has 3 aromatic rings. The zero-order chi connectivity index (χ0) is 18.1. The first-order chi connectivity index (χ1) is 11.8. The monoisotopic (exact) mass is 345 g/mol. The van der Waals surface area contributed by atoms with Crippen LogP contribution >= 0.6 is 0 Å². The van der Waals surface area contributed by atoms with Crippen LogP contribution in [-0.2, 0) is 0 Å². The molecule has 0 bridgehead atoms. The molecule has 0 saturated carbocycles. The Morgan fingerprint density at radius 2 is 1.60 bits per heavy atom. The third-order valence-electron chi connectivity index (χ3n) is 3.63. The van der Waals surface area contributed by atoms with Gasteiger partial charge in [-0.25, -0.2) is 17.9 Å². The third-order valence-corrected chi connectivity index (χ3v) is 3.63. The summed E-state index contributed by atoms with van der Waals surface area (Å²) in [5.74, 6) is -4.11. The fourth-order valence-corrected chi connectivity index (χ4v) is 2.49. The summed E-state index contributed by atoms with van der Waals surface area (Å²) in [5, 5.41) is 6.45. The van der Waals surface area contributed by atoms with Gasteiger partial charge >= 0.3 is 0 Å². The lowest BCUT2D eigenvalue weighted by Crippen LogP contribution is -2.14. The van der Waals surface area contributed by atoms with E-state index in [0.29, 0.717) is 12.1 Å². The Balaban J connectivity index is 1.83. The second kappa shape index (κ2) is 6.43. The highest BCUT2D eigenvalue weighted by Gasteiger charge is 2.15. The molecule has 3 rings (SSSR count). The summed E-state index contributed by atoms with van der Waals surface area (Å²) in [5.41, 5.74) is 2.07. The molecular formula is C18H14F3N3O. The van der Waals surface area contributed by atoms with Crippen molar-refractivity contribution in [1.82, 2.24) is 9.78 Å². The molecule has 128 valence electrons. The highest BCUT2D eigenvalue weighted by Crippen LogP contribution is 2.21. The van der Waals surface area contributed by atoms with Crippen molar-refractivity contribution in [2.75, 3.05) is 5.32 Å². The number of aryl methyl sites for hydroxylation is 2. The van der Waals surface area contributed by atoms with E-state index in [1.807, 2.05) is 19.9 Å². The molecule has 0 aliphatic heterocycles. The van der Waals surface area contributed by atoms with Crippen LogP contribution in [0.15, 0.2) is 42.5 Å². The van der Waals surface area contributed by atoms with Gasteiger partial charge in [-0.1, -0.05) is 0 Å². The van der Waals surface area contributed by atoms with Crippen LogP contribution in [-0.4, -0.2) is 15.7 Å². The fraction of sp³-hybridized carbons (Fsp3) is 0.111. The molecule has 0 fully saturated rings. The van der Waals surface area contributed by atoms with E-state index in [1.165, 1.54) is 12.1 Å². The van der Waals surface area contributed by atoms with Gasteiger partial charge in [0.15, 0.2) is 11.6 Å². The average molecular weight is 345 g/mol. The van der Waals surface area contributed by atoms with Gasteiger partial charge in [0.25, 0.3) is 5.91 Å². The van der Waals surface area contributed by atoms with Crippen LogP contribution in [0.25, 0.3) is 5.69 Å². The summed E-state index contributed by atoms with van der Waals surface area (Å²) >= 11 is 0. The molecule has 1 N–H and O–H groups in total. The maximum absolute atomic E-state index is 13.6. The molecular weight excluding hydrogens is 331 g/mol. The number of nitrogens with one attached hydrogen (secondary N) is 1. The number of aromatic nitrogens is 2. The van der Waals surface area contributed by atoms with Gasteiger partial charge < -0.3 is 5.32 Å². The van der Waals surface area contributed by atoms with E-state index >= 15 is 0 Å². The number of hydrogen-bond acceptors (Lipinski definition) is 2. The summed E-state index contributed by atoms with van der Waals surface area (Å²) in [6.45, 7) is 3.78. The first-order valence-electron chi connectivity index (χ1n) is 7.45. The van der Waals surface area contributed by atoms with Crippen molar-refractivity contribution < 1.29 is 18.0 Å². The summed E-state index contributed by atoms with van der Waals surface area (Å²) in [6.07, 6.45) is 0. The topological polar surface area (TPSA) is 46.9 Å². The van der Waals surface area contributed by atoms with Gasteiger partial charge in [-0.2, -0.15) is 5.10 Å². The maximum Gasteiger partial charge on any atom is 0.255 e. The first-order valence-corrected chi connectivity index (χ1v) is 7.45. The molecule has 1 amide bonds. The summed E-state index contributed by atoms with van der Waals surface area (Å²) in [6, 6.07) is 9.30. The summed E-state index contributed by atoms with van der Waals surface area (Å²) in [7, 11) is 0. The molecule has 0 spiro atoms. The Labute approximate surface area is 141 Å². The normalized spacial score (nSPS) is 10.8. The zero-order valence-electron chi connectivity index (χ0n) is 13.5. The molecule has 2 aromatic carbocycles. The van der Waals surface area contributed by atoms with E-state index in [0.717, 1.165) is 17.1 Å². The Hall–Kier alpha value is -3.09. The third kappa shape index (κ3) is 3.40. The number of carbonyl (C=O) groups excluding carboxylic acids is 1. The fourth-order valence-electron chi connectivity index (χ4n) is 2.49. The molecule has 0 aliphatic rings. The average Bonchev–Trinajstić information content (AvgIpc) is 2.89. The molecule has 25 heavy (non-hydrogen) atoms. The molecule has 0 radical (unpaired) electrons. The van der Waals surface area contributed by atoms with Gasteiger partial charge in [0.05, 0.1) is 11.4 Å². The Morgan fingerprint density at radius 1 is 1.00 bits per heavy atom. The van der Waals surface area contributed by atoms with E-state index in [-0.39, 0.29) is 5.56 Å². The smallest absolute Gasteiger partial charge is 0.255 e. The first kappa shape index (κ1) is 16.8. The van der Waals surface area contributed by atoms with E-state index in [9.17, 15) is 18.0 Å². The van der Waals surface area contributed by atoms with Crippen LogP contribution < -0.4 is 5.32 Å².